The Hall–Kier alpha value is -0.0400. The lowest BCUT2D eigenvalue weighted by atomic mass is 9.90. The van der Waals surface area contributed by atoms with Crippen LogP contribution in [-0.2, 0) is 5.11 Å². The van der Waals surface area contributed by atoms with Gasteiger partial charge in [0.25, 0.3) is 0 Å². The molecule has 0 rings (SSSR count). The van der Waals surface area contributed by atoms with Gasteiger partial charge < -0.3 is 0 Å². The molecule has 1 nitrogen and oxygen atoms in total. The van der Waals surface area contributed by atoms with Crippen LogP contribution < -0.4 is 0 Å². The zero-order chi connectivity index (χ0) is 6.78. The zero-order valence-corrected chi connectivity index (χ0v) is 6.19. The van der Waals surface area contributed by atoms with Crippen molar-refractivity contribution in [1.29, 1.82) is 0 Å². The van der Waals surface area contributed by atoms with Crippen LogP contribution in [0.3, 0.4) is 0 Å². The Kier molecular flexibility index (Phi) is 2.48. The minimum atomic E-state index is -0.407. The Morgan fingerprint density at radius 2 is 1.75 bits per heavy atom. The zero-order valence-electron chi connectivity index (χ0n) is 6.19. The number of hydrogen-bond acceptors (Lipinski definition) is 0. The van der Waals surface area contributed by atoms with Gasteiger partial charge in [-0.2, -0.15) is 0 Å². The van der Waals surface area contributed by atoms with Crippen LogP contribution in [0.15, 0.2) is 0 Å². The summed E-state index contributed by atoms with van der Waals surface area (Å²) in [5.74, 6) is 0. The van der Waals surface area contributed by atoms with Crippen LogP contribution in [0.2, 0.25) is 0 Å². The summed E-state index contributed by atoms with van der Waals surface area (Å²) in [6.45, 7) is 7.97. The van der Waals surface area contributed by atoms with Crippen molar-refractivity contribution in [3.63, 3.8) is 0 Å². The predicted molar refractivity (Wildman–Crippen MR) is 34.2 cm³/mol. The lowest BCUT2D eigenvalue weighted by Crippen LogP contribution is -2.12. The van der Waals surface area contributed by atoms with Crippen LogP contribution in [0.1, 0.15) is 34.1 Å². The van der Waals surface area contributed by atoms with Crippen LogP contribution in [0.25, 0.3) is 0 Å². The first kappa shape index (κ1) is 7.96. The lowest BCUT2D eigenvalue weighted by molar-refractivity contribution is 0.0673. The van der Waals surface area contributed by atoms with Gasteiger partial charge in [-0.25, -0.2) is 5.11 Å². The molecule has 0 amide bonds. The van der Waals surface area contributed by atoms with Gasteiger partial charge in [0.15, 0.2) is 0 Å². The fourth-order valence-corrected chi connectivity index (χ4v) is 0.862. The maximum atomic E-state index is 10.5. The van der Waals surface area contributed by atoms with E-state index >= 15 is 0 Å². The molecule has 0 heterocycles. The van der Waals surface area contributed by atoms with Crippen LogP contribution in [0, 0.1) is 5.41 Å². The molecule has 0 fully saturated rings. The standard InChI is InChI=1S/C7H15O/c1-6(8)5-7(2,3)4/h6H,5H2,1-4H3. The van der Waals surface area contributed by atoms with Crippen molar-refractivity contribution in [3.05, 3.63) is 0 Å². The highest BCUT2D eigenvalue weighted by atomic mass is 16.3. The van der Waals surface area contributed by atoms with E-state index < -0.39 is 6.10 Å². The van der Waals surface area contributed by atoms with E-state index in [9.17, 15) is 5.11 Å². The van der Waals surface area contributed by atoms with Crippen molar-refractivity contribution in [2.75, 3.05) is 0 Å². The third kappa shape index (κ3) is 5.96. The molecule has 49 valence electrons. The second-order valence-corrected chi connectivity index (χ2v) is 3.58. The van der Waals surface area contributed by atoms with E-state index in [1.54, 1.807) is 6.92 Å². The first-order valence-corrected chi connectivity index (χ1v) is 3.07. The summed E-state index contributed by atoms with van der Waals surface area (Å²) in [5.41, 5.74) is 0.209. The van der Waals surface area contributed by atoms with Gasteiger partial charge in [0.2, 0.25) is 0 Å². The molecule has 0 aliphatic heterocycles. The summed E-state index contributed by atoms with van der Waals surface area (Å²) in [6.07, 6.45) is 0.363. The van der Waals surface area contributed by atoms with E-state index in [2.05, 4.69) is 20.8 Å². The van der Waals surface area contributed by atoms with Crippen LogP contribution in [0.4, 0.5) is 0 Å². The molecular weight excluding hydrogens is 100 g/mol. The molecule has 0 bridgehead atoms. The number of hydrogen-bond donors (Lipinski definition) is 0. The summed E-state index contributed by atoms with van der Waals surface area (Å²) in [5, 5.41) is 10.5. The van der Waals surface area contributed by atoms with Gasteiger partial charge >= 0.3 is 0 Å². The average Bonchev–Trinajstić information content (AvgIpc) is 1.21. The predicted octanol–water partition coefficient (Wildman–Crippen LogP) is 2.24. The number of rotatable bonds is 1. The molecule has 0 saturated heterocycles. The second kappa shape index (κ2) is 2.49. The van der Waals surface area contributed by atoms with E-state index in [1.807, 2.05) is 0 Å². The summed E-state index contributed by atoms with van der Waals surface area (Å²) in [6, 6.07) is 0. The monoisotopic (exact) mass is 115 g/mol. The molecule has 0 aromatic rings. The van der Waals surface area contributed by atoms with Crippen LogP contribution in [-0.4, -0.2) is 6.10 Å². The van der Waals surface area contributed by atoms with Gasteiger partial charge in [0.1, 0.15) is 0 Å². The lowest BCUT2D eigenvalue weighted by Gasteiger charge is -2.18. The van der Waals surface area contributed by atoms with Gasteiger partial charge in [-0.15, -0.1) is 0 Å². The van der Waals surface area contributed by atoms with Gasteiger partial charge in [-0.3, -0.25) is 0 Å². The maximum absolute atomic E-state index is 10.5. The van der Waals surface area contributed by atoms with Crippen molar-refractivity contribution >= 4 is 0 Å². The molecule has 1 radical (unpaired) electrons. The minimum absolute atomic E-state index is 0.209. The van der Waals surface area contributed by atoms with Crippen molar-refractivity contribution in [2.45, 2.75) is 40.2 Å². The van der Waals surface area contributed by atoms with Crippen LogP contribution >= 0.6 is 0 Å². The van der Waals surface area contributed by atoms with Gasteiger partial charge in [-0.1, -0.05) is 20.8 Å². The Morgan fingerprint density at radius 1 is 1.38 bits per heavy atom. The molecule has 0 aromatic heterocycles. The molecule has 1 heteroatoms. The molecule has 1 atom stereocenters. The first-order valence-electron chi connectivity index (χ1n) is 3.07. The molecule has 0 saturated carbocycles. The highest BCUT2D eigenvalue weighted by Gasteiger charge is 2.13. The summed E-state index contributed by atoms with van der Waals surface area (Å²) in [7, 11) is 0. The molecule has 0 spiro atoms. The quantitative estimate of drug-likeness (QED) is 0.499. The van der Waals surface area contributed by atoms with Gasteiger partial charge in [0, 0.05) is 0 Å². The smallest absolute Gasteiger partial charge is 0.0907 e. The van der Waals surface area contributed by atoms with Crippen molar-refractivity contribution < 1.29 is 5.11 Å². The molecule has 0 aromatic carbocycles. The molecule has 0 N–H and O–H groups in total. The van der Waals surface area contributed by atoms with Crippen molar-refractivity contribution in [2.24, 2.45) is 5.41 Å². The fraction of sp³-hybridized carbons (Fsp3) is 1.00. The first-order chi connectivity index (χ1) is 3.42. The van der Waals surface area contributed by atoms with Crippen molar-refractivity contribution in [1.82, 2.24) is 0 Å². The highest BCUT2D eigenvalue weighted by molar-refractivity contribution is 4.63. The normalized spacial score (nSPS) is 16.1. The molecule has 0 aliphatic rings. The Bertz CT molecular complexity index is 59.3. The Balaban J connectivity index is 3.39. The van der Waals surface area contributed by atoms with E-state index in [4.69, 9.17) is 0 Å². The summed E-state index contributed by atoms with van der Waals surface area (Å²) < 4.78 is 0. The van der Waals surface area contributed by atoms with E-state index in [0.717, 1.165) is 6.42 Å². The molecule has 0 aliphatic carbocycles. The highest BCUT2D eigenvalue weighted by Crippen LogP contribution is 2.20. The summed E-state index contributed by atoms with van der Waals surface area (Å²) in [4.78, 5) is 0. The van der Waals surface area contributed by atoms with Gasteiger partial charge in [-0.05, 0) is 18.8 Å². The van der Waals surface area contributed by atoms with Gasteiger partial charge in [0.05, 0.1) is 6.10 Å². The van der Waals surface area contributed by atoms with E-state index in [0.29, 0.717) is 0 Å². The van der Waals surface area contributed by atoms with E-state index in [-0.39, 0.29) is 5.41 Å². The molecular formula is C7H15O. The Labute approximate surface area is 51.7 Å². The SMILES string of the molecule is CC([O])CC(C)(C)C. The molecule has 1 unspecified atom stereocenters. The van der Waals surface area contributed by atoms with Crippen molar-refractivity contribution in [3.8, 4) is 0 Å². The minimum Gasteiger partial charge on any atom is -0.233 e. The molecule has 8 heavy (non-hydrogen) atoms. The topological polar surface area (TPSA) is 19.9 Å². The third-order valence-electron chi connectivity index (χ3n) is 0.900. The fourth-order valence-electron chi connectivity index (χ4n) is 0.862. The Morgan fingerprint density at radius 3 is 1.75 bits per heavy atom. The largest absolute Gasteiger partial charge is 0.233 e. The maximum Gasteiger partial charge on any atom is 0.0907 e. The average molecular weight is 115 g/mol. The second-order valence-electron chi connectivity index (χ2n) is 3.58. The summed E-state index contributed by atoms with van der Waals surface area (Å²) >= 11 is 0. The third-order valence-corrected chi connectivity index (χ3v) is 0.900. The van der Waals surface area contributed by atoms with Crippen LogP contribution in [0.5, 0.6) is 0 Å². The van der Waals surface area contributed by atoms with E-state index in [1.165, 1.54) is 0 Å².